The zero-order valence-corrected chi connectivity index (χ0v) is 11.8. The van der Waals surface area contributed by atoms with Crippen LogP contribution in [0.5, 0.6) is 0 Å². The van der Waals surface area contributed by atoms with Gasteiger partial charge in [-0.15, -0.1) is 0 Å². The van der Waals surface area contributed by atoms with E-state index in [0.29, 0.717) is 25.7 Å². The Morgan fingerprint density at radius 2 is 1.83 bits per heavy atom. The molecule has 0 unspecified atom stereocenters. The minimum Gasteiger partial charge on any atom is -0.314 e. The van der Waals surface area contributed by atoms with E-state index in [9.17, 15) is 8.42 Å². The molecule has 106 valence electrons. The molecule has 2 aliphatic rings. The topological polar surface area (TPSA) is 61.4 Å². The lowest BCUT2D eigenvalue weighted by molar-refractivity contribution is 0.412. The van der Waals surface area contributed by atoms with Crippen molar-refractivity contribution in [2.45, 2.75) is 51.0 Å². The second-order valence-corrected chi connectivity index (χ2v) is 7.05. The van der Waals surface area contributed by atoms with Crippen LogP contribution in [0.2, 0.25) is 0 Å². The van der Waals surface area contributed by atoms with Crippen LogP contribution in [0.25, 0.3) is 0 Å². The SMILES string of the molecule is O=S(=O)(NCC[C@@H]1CCCN1)N1CCCCCC1. The van der Waals surface area contributed by atoms with Gasteiger partial charge in [0.25, 0.3) is 10.2 Å². The van der Waals surface area contributed by atoms with E-state index in [2.05, 4.69) is 10.0 Å². The Kier molecular flexibility index (Phi) is 5.41. The van der Waals surface area contributed by atoms with Crippen LogP contribution in [0.15, 0.2) is 0 Å². The summed E-state index contributed by atoms with van der Waals surface area (Å²) in [4.78, 5) is 0. The summed E-state index contributed by atoms with van der Waals surface area (Å²) in [7, 11) is -3.24. The van der Waals surface area contributed by atoms with Crippen molar-refractivity contribution in [3.8, 4) is 0 Å². The maximum Gasteiger partial charge on any atom is 0.279 e. The van der Waals surface area contributed by atoms with Gasteiger partial charge < -0.3 is 5.32 Å². The summed E-state index contributed by atoms with van der Waals surface area (Å²) in [5.41, 5.74) is 0. The highest BCUT2D eigenvalue weighted by Crippen LogP contribution is 2.13. The van der Waals surface area contributed by atoms with Crippen LogP contribution >= 0.6 is 0 Å². The van der Waals surface area contributed by atoms with Crippen molar-refractivity contribution in [3.05, 3.63) is 0 Å². The van der Waals surface area contributed by atoms with Crippen molar-refractivity contribution in [2.24, 2.45) is 0 Å². The molecule has 0 radical (unpaired) electrons. The second-order valence-electron chi connectivity index (χ2n) is 5.29. The Morgan fingerprint density at radius 3 is 2.44 bits per heavy atom. The zero-order chi connectivity index (χ0) is 12.8. The lowest BCUT2D eigenvalue weighted by Crippen LogP contribution is -2.42. The van der Waals surface area contributed by atoms with Crippen molar-refractivity contribution in [1.29, 1.82) is 0 Å². The van der Waals surface area contributed by atoms with Crippen LogP contribution in [0.1, 0.15) is 44.9 Å². The Morgan fingerprint density at radius 1 is 1.11 bits per heavy atom. The molecule has 5 nitrogen and oxygen atoms in total. The second kappa shape index (κ2) is 6.84. The van der Waals surface area contributed by atoms with E-state index >= 15 is 0 Å². The van der Waals surface area contributed by atoms with Gasteiger partial charge in [0.05, 0.1) is 0 Å². The van der Waals surface area contributed by atoms with Gasteiger partial charge in [-0.3, -0.25) is 0 Å². The number of hydrogen-bond acceptors (Lipinski definition) is 3. The molecule has 6 heteroatoms. The van der Waals surface area contributed by atoms with Gasteiger partial charge in [0.15, 0.2) is 0 Å². The van der Waals surface area contributed by atoms with E-state index in [4.69, 9.17) is 0 Å². The molecule has 2 aliphatic heterocycles. The molecule has 2 fully saturated rings. The summed E-state index contributed by atoms with van der Waals surface area (Å²) in [5.74, 6) is 0. The summed E-state index contributed by atoms with van der Waals surface area (Å²) >= 11 is 0. The van der Waals surface area contributed by atoms with Gasteiger partial charge in [0.1, 0.15) is 0 Å². The molecule has 0 bridgehead atoms. The molecule has 0 aromatic rings. The minimum atomic E-state index is -3.24. The van der Waals surface area contributed by atoms with Crippen molar-refractivity contribution >= 4 is 10.2 Å². The molecule has 1 atom stereocenters. The first-order chi connectivity index (χ1) is 8.68. The fourth-order valence-corrected chi connectivity index (χ4v) is 4.04. The van der Waals surface area contributed by atoms with E-state index in [1.54, 1.807) is 4.31 Å². The van der Waals surface area contributed by atoms with Crippen LogP contribution < -0.4 is 10.0 Å². The van der Waals surface area contributed by atoms with E-state index in [1.165, 1.54) is 12.8 Å². The summed E-state index contributed by atoms with van der Waals surface area (Å²) in [6, 6.07) is 0.497. The molecule has 0 amide bonds. The van der Waals surface area contributed by atoms with E-state index in [-0.39, 0.29) is 0 Å². The minimum absolute atomic E-state index is 0.497. The van der Waals surface area contributed by atoms with E-state index in [0.717, 1.165) is 38.6 Å². The molecule has 2 rings (SSSR count). The number of nitrogens with zero attached hydrogens (tertiary/aromatic N) is 1. The van der Waals surface area contributed by atoms with Gasteiger partial charge in [-0.05, 0) is 38.6 Å². The van der Waals surface area contributed by atoms with Gasteiger partial charge in [-0.2, -0.15) is 12.7 Å². The summed E-state index contributed by atoms with van der Waals surface area (Å²) in [6.45, 7) is 2.98. The van der Waals surface area contributed by atoms with Crippen molar-refractivity contribution in [1.82, 2.24) is 14.3 Å². The fraction of sp³-hybridized carbons (Fsp3) is 1.00. The lowest BCUT2D eigenvalue weighted by Gasteiger charge is -2.20. The highest BCUT2D eigenvalue weighted by molar-refractivity contribution is 7.87. The van der Waals surface area contributed by atoms with Crippen LogP contribution in [-0.4, -0.2) is 44.9 Å². The molecule has 0 aromatic heterocycles. The van der Waals surface area contributed by atoms with Gasteiger partial charge in [-0.1, -0.05) is 12.8 Å². The molecular formula is C12H25N3O2S. The molecular weight excluding hydrogens is 250 g/mol. The van der Waals surface area contributed by atoms with Crippen LogP contribution in [-0.2, 0) is 10.2 Å². The van der Waals surface area contributed by atoms with Crippen molar-refractivity contribution in [3.63, 3.8) is 0 Å². The molecule has 0 saturated carbocycles. The maximum atomic E-state index is 12.1. The van der Waals surface area contributed by atoms with Gasteiger partial charge in [0, 0.05) is 25.7 Å². The van der Waals surface area contributed by atoms with Crippen LogP contribution in [0, 0.1) is 0 Å². The zero-order valence-electron chi connectivity index (χ0n) is 11.0. The molecule has 2 N–H and O–H groups in total. The summed E-state index contributed by atoms with van der Waals surface area (Å²) in [6.07, 6.45) is 7.56. The Hall–Kier alpha value is -0.170. The summed E-state index contributed by atoms with van der Waals surface area (Å²) in [5, 5.41) is 3.38. The Bertz CT molecular complexity index is 331. The lowest BCUT2D eigenvalue weighted by atomic mass is 10.2. The largest absolute Gasteiger partial charge is 0.314 e. The van der Waals surface area contributed by atoms with E-state index in [1.807, 2.05) is 0 Å². The molecule has 0 aliphatic carbocycles. The predicted molar refractivity (Wildman–Crippen MR) is 72.6 cm³/mol. The highest BCUT2D eigenvalue weighted by atomic mass is 32.2. The fourth-order valence-electron chi connectivity index (χ4n) is 2.74. The Labute approximate surface area is 110 Å². The molecule has 2 saturated heterocycles. The normalized spacial score (nSPS) is 27.2. The van der Waals surface area contributed by atoms with Crippen LogP contribution in [0.4, 0.5) is 0 Å². The average Bonchev–Trinajstić information content (AvgIpc) is 2.68. The highest BCUT2D eigenvalue weighted by Gasteiger charge is 2.23. The number of hydrogen-bond donors (Lipinski definition) is 2. The van der Waals surface area contributed by atoms with Crippen molar-refractivity contribution < 1.29 is 8.42 Å². The first kappa shape index (κ1) is 14.2. The third-order valence-corrected chi connectivity index (χ3v) is 5.46. The van der Waals surface area contributed by atoms with Gasteiger partial charge >= 0.3 is 0 Å². The molecule has 0 aromatic carbocycles. The Balaban J connectivity index is 1.74. The standard InChI is InChI=1S/C12H25N3O2S/c16-18(17,15-10-3-1-2-4-11-15)14-9-7-12-6-5-8-13-12/h12-14H,1-11H2/t12-/m0/s1. The number of nitrogens with one attached hydrogen (secondary N) is 2. The summed E-state index contributed by atoms with van der Waals surface area (Å²) < 4.78 is 28.6. The molecule has 2 heterocycles. The van der Waals surface area contributed by atoms with Gasteiger partial charge in [0.2, 0.25) is 0 Å². The first-order valence-electron chi connectivity index (χ1n) is 7.16. The quantitative estimate of drug-likeness (QED) is 0.781. The smallest absolute Gasteiger partial charge is 0.279 e. The maximum absolute atomic E-state index is 12.1. The van der Waals surface area contributed by atoms with Crippen molar-refractivity contribution in [2.75, 3.05) is 26.2 Å². The third-order valence-electron chi connectivity index (χ3n) is 3.84. The number of rotatable bonds is 5. The first-order valence-corrected chi connectivity index (χ1v) is 8.60. The van der Waals surface area contributed by atoms with E-state index < -0.39 is 10.2 Å². The monoisotopic (exact) mass is 275 g/mol. The molecule has 18 heavy (non-hydrogen) atoms. The average molecular weight is 275 g/mol. The predicted octanol–water partition coefficient (Wildman–Crippen LogP) is 0.839. The molecule has 0 spiro atoms. The third kappa shape index (κ3) is 4.19. The van der Waals surface area contributed by atoms with Gasteiger partial charge in [-0.25, -0.2) is 4.72 Å². The van der Waals surface area contributed by atoms with Crippen LogP contribution in [0.3, 0.4) is 0 Å².